The van der Waals surface area contributed by atoms with Crippen LogP contribution in [0.2, 0.25) is 0 Å². The number of nitrogens with zero attached hydrogens (tertiary/aromatic N) is 4. The molecule has 4 rings (SSSR count). The molecule has 11 nitrogen and oxygen atoms in total. The third-order valence-corrected chi connectivity index (χ3v) is 5.08. The minimum Gasteiger partial charge on any atom is -0.475 e. The van der Waals surface area contributed by atoms with Crippen molar-refractivity contribution in [1.82, 2.24) is 19.9 Å². The molecule has 0 radical (unpaired) electrons. The predicted octanol–water partition coefficient (Wildman–Crippen LogP) is 2.62. The van der Waals surface area contributed by atoms with Gasteiger partial charge < -0.3 is 25.2 Å². The second-order valence-electron chi connectivity index (χ2n) is 7.91. The Kier molecular flexibility index (Phi) is 9.92. The fourth-order valence-electron chi connectivity index (χ4n) is 3.45. The minimum atomic E-state index is -5.08. The zero-order valence-electron chi connectivity index (χ0n) is 19.2. The maximum absolute atomic E-state index is 12.5. The Hall–Kier alpha value is -4.02. The fourth-order valence-corrected chi connectivity index (χ4v) is 3.45. The van der Waals surface area contributed by atoms with E-state index in [4.69, 9.17) is 24.5 Å². The minimum absolute atomic E-state index is 0.0288. The second kappa shape index (κ2) is 12.5. The number of amides is 1. The van der Waals surface area contributed by atoms with E-state index in [9.17, 15) is 31.1 Å². The van der Waals surface area contributed by atoms with Gasteiger partial charge in [-0.3, -0.25) is 9.78 Å². The number of carbonyl (C=O) groups excluding carboxylic acids is 1. The monoisotopic (exact) mass is 553 g/mol. The molecule has 2 aliphatic heterocycles. The lowest BCUT2D eigenvalue weighted by molar-refractivity contribution is -0.193. The number of aliphatic carboxylic acids is 2. The van der Waals surface area contributed by atoms with Crippen LogP contribution in [-0.4, -0.2) is 91.6 Å². The van der Waals surface area contributed by atoms with Crippen LogP contribution < -0.4 is 5.32 Å². The number of likely N-dealkylation sites (tertiary alicyclic amines) is 1. The number of carboxylic acid groups (broad SMARTS) is 2. The summed E-state index contributed by atoms with van der Waals surface area (Å²) in [5.74, 6) is -4.93. The molecule has 2 aliphatic rings. The molecule has 0 aliphatic carbocycles. The van der Waals surface area contributed by atoms with Crippen molar-refractivity contribution < 1.29 is 55.7 Å². The highest BCUT2D eigenvalue weighted by Crippen LogP contribution is 2.36. The summed E-state index contributed by atoms with van der Waals surface area (Å²) in [5, 5.41) is 17.6. The van der Waals surface area contributed by atoms with Crippen LogP contribution in [0.1, 0.15) is 23.3 Å². The number of alkyl halides is 6. The third kappa shape index (κ3) is 9.13. The zero-order chi connectivity index (χ0) is 28.6. The second-order valence-corrected chi connectivity index (χ2v) is 7.91. The van der Waals surface area contributed by atoms with Crippen molar-refractivity contribution >= 4 is 23.8 Å². The molecular weight excluding hydrogens is 532 g/mol. The Morgan fingerprint density at radius 3 is 2.00 bits per heavy atom. The number of nitrogens with one attached hydrogen (secondary N) is 1. The van der Waals surface area contributed by atoms with Crippen molar-refractivity contribution in [3.63, 3.8) is 0 Å². The molecule has 17 heteroatoms. The van der Waals surface area contributed by atoms with Crippen molar-refractivity contribution in [1.29, 1.82) is 0 Å². The Balaban J connectivity index is 0.000000301. The molecule has 0 saturated carbocycles. The fraction of sp³-hybridized carbons (Fsp3) is 0.429. The Bertz CT molecular complexity index is 1070. The topological polar surface area (TPSA) is 155 Å². The van der Waals surface area contributed by atoms with Crippen molar-refractivity contribution in [2.75, 3.05) is 25.0 Å². The number of hydrogen-bond donors (Lipinski definition) is 3. The van der Waals surface area contributed by atoms with Crippen LogP contribution in [0.4, 0.5) is 32.3 Å². The van der Waals surface area contributed by atoms with Gasteiger partial charge in [0, 0.05) is 31.6 Å². The first-order valence-corrected chi connectivity index (χ1v) is 10.6. The van der Waals surface area contributed by atoms with Crippen molar-refractivity contribution in [2.24, 2.45) is 0 Å². The molecule has 4 heterocycles. The first kappa shape index (κ1) is 30.2. The van der Waals surface area contributed by atoms with E-state index in [-0.39, 0.29) is 17.6 Å². The molecule has 2 saturated heterocycles. The Labute approximate surface area is 210 Å². The van der Waals surface area contributed by atoms with Gasteiger partial charge in [0.15, 0.2) is 0 Å². The van der Waals surface area contributed by atoms with Gasteiger partial charge in [0.25, 0.3) is 5.91 Å². The van der Waals surface area contributed by atoms with Crippen LogP contribution in [0.3, 0.4) is 0 Å². The number of halogens is 6. The molecule has 2 aromatic rings. The molecule has 2 aromatic heterocycles. The van der Waals surface area contributed by atoms with Crippen LogP contribution in [0.15, 0.2) is 42.9 Å². The number of ether oxygens (including phenoxy) is 1. The van der Waals surface area contributed by atoms with E-state index >= 15 is 0 Å². The zero-order valence-corrected chi connectivity index (χ0v) is 19.2. The lowest BCUT2D eigenvalue weighted by atomic mass is 9.97. The number of carbonyl (C=O) groups is 3. The van der Waals surface area contributed by atoms with Gasteiger partial charge in [-0.15, -0.1) is 0 Å². The number of hydrogen-bond acceptors (Lipinski definition) is 8. The Morgan fingerprint density at radius 2 is 1.50 bits per heavy atom. The van der Waals surface area contributed by atoms with Gasteiger partial charge in [-0.25, -0.2) is 19.6 Å². The van der Waals surface area contributed by atoms with Gasteiger partial charge in [0.05, 0.1) is 24.8 Å². The predicted molar refractivity (Wildman–Crippen MR) is 115 cm³/mol. The molecule has 0 aromatic carbocycles. The molecule has 2 atom stereocenters. The van der Waals surface area contributed by atoms with E-state index in [0.717, 1.165) is 12.8 Å². The molecule has 2 unspecified atom stereocenters. The summed E-state index contributed by atoms with van der Waals surface area (Å²) in [6.07, 6.45) is -3.41. The van der Waals surface area contributed by atoms with Gasteiger partial charge >= 0.3 is 24.3 Å². The maximum atomic E-state index is 12.5. The van der Waals surface area contributed by atoms with Crippen LogP contribution >= 0.6 is 0 Å². The average Bonchev–Trinajstić information content (AvgIpc) is 3.45. The first-order chi connectivity index (χ1) is 17.6. The van der Waals surface area contributed by atoms with E-state index in [1.807, 2.05) is 17.0 Å². The normalized spacial score (nSPS) is 20.6. The van der Waals surface area contributed by atoms with Gasteiger partial charge in [0.2, 0.25) is 5.95 Å². The van der Waals surface area contributed by atoms with Gasteiger partial charge in [-0.2, -0.15) is 26.3 Å². The van der Waals surface area contributed by atoms with Crippen LogP contribution in [0, 0.1) is 0 Å². The lowest BCUT2D eigenvalue weighted by Gasteiger charge is -2.23. The SMILES string of the molecule is O=C(O)C(F)(F)F.O=C(O)C(F)(F)F.O=C(c1ccccn1)N1CCC2(CC(Nc3ncccn3)CO2)C1. The van der Waals surface area contributed by atoms with Crippen LogP contribution in [0.5, 0.6) is 0 Å². The number of rotatable bonds is 3. The van der Waals surface area contributed by atoms with E-state index in [1.165, 1.54) is 0 Å². The summed E-state index contributed by atoms with van der Waals surface area (Å²) in [5.41, 5.74) is 0.219. The molecule has 38 heavy (non-hydrogen) atoms. The molecule has 1 spiro atoms. The number of aromatic nitrogens is 3. The molecular formula is C21H21F6N5O6. The van der Waals surface area contributed by atoms with Gasteiger partial charge in [0.1, 0.15) is 5.69 Å². The highest BCUT2D eigenvalue weighted by Gasteiger charge is 2.47. The quantitative estimate of drug-likeness (QED) is 0.483. The molecule has 3 N–H and O–H groups in total. The summed E-state index contributed by atoms with van der Waals surface area (Å²) in [7, 11) is 0. The number of anilines is 1. The first-order valence-electron chi connectivity index (χ1n) is 10.6. The van der Waals surface area contributed by atoms with Crippen molar-refractivity contribution in [3.8, 4) is 0 Å². The third-order valence-electron chi connectivity index (χ3n) is 5.08. The summed E-state index contributed by atoms with van der Waals surface area (Å²) in [6, 6.07) is 7.34. The highest BCUT2D eigenvalue weighted by atomic mass is 19.4. The van der Waals surface area contributed by atoms with E-state index in [0.29, 0.717) is 31.3 Å². The summed E-state index contributed by atoms with van der Waals surface area (Å²) in [4.78, 5) is 44.7. The smallest absolute Gasteiger partial charge is 0.475 e. The van der Waals surface area contributed by atoms with Gasteiger partial charge in [-0.1, -0.05) is 6.07 Å². The van der Waals surface area contributed by atoms with Crippen LogP contribution in [-0.2, 0) is 14.3 Å². The van der Waals surface area contributed by atoms with Crippen molar-refractivity contribution in [2.45, 2.75) is 36.8 Å². The molecule has 1 amide bonds. The van der Waals surface area contributed by atoms with Crippen molar-refractivity contribution in [3.05, 3.63) is 48.5 Å². The standard InChI is InChI=1S/C17H19N5O2.2C2HF3O2/c23-15(14-4-1-2-6-18-14)22-9-5-17(12-22)10-13(11-24-17)21-16-19-7-3-8-20-16;2*3-2(4,5)1(6)7/h1-4,6-8,13H,5,9-12H2,(H,19,20,21);2*(H,6,7). The number of carboxylic acids is 2. The Morgan fingerprint density at radius 1 is 0.947 bits per heavy atom. The van der Waals surface area contributed by atoms with Crippen LogP contribution in [0.25, 0.3) is 0 Å². The molecule has 2 fully saturated rings. The highest BCUT2D eigenvalue weighted by molar-refractivity contribution is 5.92. The average molecular weight is 553 g/mol. The van der Waals surface area contributed by atoms with E-state index < -0.39 is 24.3 Å². The summed E-state index contributed by atoms with van der Waals surface area (Å²) >= 11 is 0. The summed E-state index contributed by atoms with van der Waals surface area (Å²) < 4.78 is 69.5. The van der Waals surface area contributed by atoms with E-state index in [2.05, 4.69) is 20.3 Å². The van der Waals surface area contributed by atoms with Gasteiger partial charge in [-0.05, 0) is 24.6 Å². The molecule has 0 bridgehead atoms. The molecule has 208 valence electrons. The largest absolute Gasteiger partial charge is 0.490 e. The van der Waals surface area contributed by atoms with E-state index in [1.54, 1.807) is 30.7 Å². The lowest BCUT2D eigenvalue weighted by Crippen LogP contribution is -2.36. The summed E-state index contributed by atoms with van der Waals surface area (Å²) in [6.45, 7) is 1.91. The maximum Gasteiger partial charge on any atom is 0.490 e. The number of pyridine rings is 1.